The average molecular weight is 406 g/mol. The Labute approximate surface area is 167 Å². The molecule has 1 aromatic rings. The van der Waals surface area contributed by atoms with E-state index >= 15 is 0 Å². The Morgan fingerprint density at radius 2 is 2.00 bits per heavy atom. The van der Waals surface area contributed by atoms with Gasteiger partial charge in [0.2, 0.25) is 5.91 Å². The number of hydrogen-bond acceptors (Lipinski definition) is 7. The minimum atomic E-state index is -1.00. The number of thioether (sulfide) groups is 1. The van der Waals surface area contributed by atoms with Crippen molar-refractivity contribution in [2.45, 2.75) is 20.0 Å². The Morgan fingerprint density at radius 1 is 1.29 bits per heavy atom. The Kier molecular flexibility index (Phi) is 8.06. The number of imide groups is 1. The second kappa shape index (κ2) is 10.5. The van der Waals surface area contributed by atoms with Gasteiger partial charge in [0.1, 0.15) is 5.75 Å². The zero-order valence-corrected chi connectivity index (χ0v) is 16.5. The van der Waals surface area contributed by atoms with Gasteiger partial charge in [0.15, 0.2) is 6.10 Å². The minimum absolute atomic E-state index is 0.0920. The molecule has 1 aliphatic heterocycles. The topological polar surface area (TPSA) is 102 Å². The summed E-state index contributed by atoms with van der Waals surface area (Å²) in [5.41, 5.74) is 0.787. The van der Waals surface area contributed by atoms with E-state index in [-0.39, 0.29) is 30.0 Å². The monoisotopic (exact) mass is 406 g/mol. The Morgan fingerprint density at radius 3 is 2.61 bits per heavy atom. The molecule has 0 bridgehead atoms. The second-order valence-electron chi connectivity index (χ2n) is 5.81. The fraction of sp³-hybridized carbons (Fsp3) is 0.368. The van der Waals surface area contributed by atoms with E-state index in [0.717, 1.165) is 28.0 Å². The van der Waals surface area contributed by atoms with E-state index in [2.05, 4.69) is 5.32 Å². The molecule has 28 heavy (non-hydrogen) atoms. The standard InChI is InChI=1S/C19H22N2O6S/c1-3-26-15-7-4-14(5-8-15)6-9-17(23)27-13(2)18(24)20-10-11-21-16(22)12-28-19(21)25/h4-9,13H,3,10-12H2,1-2H3,(H,20,24)/b9-6+/t13-/m1/s1. The second-order valence-corrected chi connectivity index (χ2v) is 6.73. The fourth-order valence-corrected chi connectivity index (χ4v) is 3.06. The molecule has 0 saturated carbocycles. The Balaban J connectivity index is 1.73. The molecule has 0 aromatic heterocycles. The first-order valence-corrected chi connectivity index (χ1v) is 9.75. The zero-order chi connectivity index (χ0) is 20.5. The van der Waals surface area contributed by atoms with Gasteiger partial charge in [-0.2, -0.15) is 0 Å². The van der Waals surface area contributed by atoms with Gasteiger partial charge < -0.3 is 14.8 Å². The van der Waals surface area contributed by atoms with Gasteiger partial charge >= 0.3 is 5.97 Å². The van der Waals surface area contributed by atoms with Crippen LogP contribution in [0, 0.1) is 0 Å². The summed E-state index contributed by atoms with van der Waals surface area (Å²) in [7, 11) is 0. The molecule has 1 fully saturated rings. The maximum atomic E-state index is 12.0. The summed E-state index contributed by atoms with van der Waals surface area (Å²) in [5.74, 6) is -0.569. The molecule has 1 saturated heterocycles. The van der Waals surface area contributed by atoms with E-state index in [9.17, 15) is 19.2 Å². The molecule has 8 nitrogen and oxygen atoms in total. The number of esters is 1. The van der Waals surface area contributed by atoms with Gasteiger partial charge in [-0.05, 0) is 37.6 Å². The zero-order valence-electron chi connectivity index (χ0n) is 15.7. The predicted octanol–water partition coefficient (Wildman–Crippen LogP) is 1.84. The number of nitrogens with one attached hydrogen (secondary N) is 1. The van der Waals surface area contributed by atoms with Crippen LogP contribution in [0.4, 0.5) is 4.79 Å². The van der Waals surface area contributed by atoms with Gasteiger partial charge in [-0.3, -0.25) is 19.3 Å². The lowest BCUT2D eigenvalue weighted by Gasteiger charge is -2.15. The normalized spacial score (nSPS) is 15.0. The van der Waals surface area contributed by atoms with Crippen molar-refractivity contribution >= 4 is 40.9 Å². The molecule has 1 N–H and O–H groups in total. The predicted molar refractivity (Wildman–Crippen MR) is 105 cm³/mol. The molecule has 1 aliphatic rings. The molecule has 1 atom stereocenters. The summed E-state index contributed by atoms with van der Waals surface area (Å²) >= 11 is 0.935. The molecule has 9 heteroatoms. The van der Waals surface area contributed by atoms with E-state index in [1.165, 1.54) is 13.0 Å². The summed E-state index contributed by atoms with van der Waals surface area (Å²) in [6.45, 7) is 4.10. The molecule has 2 rings (SSSR count). The number of ether oxygens (including phenoxy) is 2. The van der Waals surface area contributed by atoms with Crippen LogP contribution in [0.15, 0.2) is 30.3 Å². The highest BCUT2D eigenvalue weighted by Gasteiger charge is 2.29. The first-order valence-electron chi connectivity index (χ1n) is 8.77. The van der Waals surface area contributed by atoms with Crippen LogP contribution in [-0.4, -0.2) is 59.5 Å². The third kappa shape index (κ3) is 6.41. The first-order chi connectivity index (χ1) is 13.4. The molecule has 3 amide bonds. The van der Waals surface area contributed by atoms with Gasteiger partial charge in [-0.25, -0.2) is 4.79 Å². The number of hydrogen-bond donors (Lipinski definition) is 1. The highest BCUT2D eigenvalue weighted by molar-refractivity contribution is 8.14. The van der Waals surface area contributed by atoms with Gasteiger partial charge in [0.25, 0.3) is 11.1 Å². The van der Waals surface area contributed by atoms with E-state index in [1.807, 2.05) is 6.92 Å². The number of nitrogens with zero attached hydrogens (tertiary/aromatic N) is 1. The van der Waals surface area contributed by atoms with E-state index in [0.29, 0.717) is 6.61 Å². The van der Waals surface area contributed by atoms with Crippen LogP contribution in [0.2, 0.25) is 0 Å². The van der Waals surface area contributed by atoms with Crippen LogP contribution >= 0.6 is 11.8 Å². The van der Waals surface area contributed by atoms with Crippen molar-refractivity contribution in [3.8, 4) is 5.75 Å². The van der Waals surface area contributed by atoms with Crippen molar-refractivity contribution in [3.05, 3.63) is 35.9 Å². The van der Waals surface area contributed by atoms with Crippen LogP contribution in [-0.2, 0) is 19.1 Å². The number of carbonyl (C=O) groups is 4. The molecule has 1 heterocycles. The molecule has 0 radical (unpaired) electrons. The minimum Gasteiger partial charge on any atom is -0.494 e. The summed E-state index contributed by atoms with van der Waals surface area (Å²) in [6, 6.07) is 7.17. The van der Waals surface area contributed by atoms with Gasteiger partial charge in [-0.15, -0.1) is 0 Å². The number of benzene rings is 1. The maximum Gasteiger partial charge on any atom is 0.331 e. The van der Waals surface area contributed by atoms with Crippen LogP contribution < -0.4 is 10.1 Å². The van der Waals surface area contributed by atoms with E-state index in [4.69, 9.17) is 9.47 Å². The van der Waals surface area contributed by atoms with Crippen molar-refractivity contribution in [2.75, 3.05) is 25.4 Å². The molecule has 0 unspecified atom stereocenters. The lowest BCUT2D eigenvalue weighted by atomic mass is 10.2. The molecular formula is C19H22N2O6S. The van der Waals surface area contributed by atoms with Crippen molar-refractivity contribution in [3.63, 3.8) is 0 Å². The Hall–Kier alpha value is -2.81. The van der Waals surface area contributed by atoms with Crippen molar-refractivity contribution in [2.24, 2.45) is 0 Å². The van der Waals surface area contributed by atoms with Crippen LogP contribution in [0.3, 0.4) is 0 Å². The molecule has 1 aromatic carbocycles. The maximum absolute atomic E-state index is 12.0. The van der Waals surface area contributed by atoms with Crippen molar-refractivity contribution in [1.82, 2.24) is 10.2 Å². The average Bonchev–Trinajstić information content (AvgIpc) is 2.99. The Bertz CT molecular complexity index is 746. The molecule has 0 spiro atoms. The molecule has 0 aliphatic carbocycles. The summed E-state index contributed by atoms with van der Waals surface area (Å²) in [6.07, 6.45) is 1.81. The largest absolute Gasteiger partial charge is 0.494 e. The smallest absolute Gasteiger partial charge is 0.331 e. The van der Waals surface area contributed by atoms with Gasteiger partial charge in [-0.1, -0.05) is 23.9 Å². The van der Waals surface area contributed by atoms with Gasteiger partial charge in [0.05, 0.1) is 12.4 Å². The summed E-state index contributed by atoms with van der Waals surface area (Å²) < 4.78 is 10.4. The fourth-order valence-electron chi connectivity index (χ4n) is 2.30. The number of amides is 3. The first kappa shape index (κ1) is 21.5. The third-order valence-corrected chi connectivity index (χ3v) is 4.60. The number of rotatable bonds is 9. The summed E-state index contributed by atoms with van der Waals surface area (Å²) in [5, 5.41) is 2.22. The highest BCUT2D eigenvalue weighted by Crippen LogP contribution is 2.17. The lowest BCUT2D eigenvalue weighted by Crippen LogP contribution is -2.41. The van der Waals surface area contributed by atoms with E-state index in [1.54, 1.807) is 30.3 Å². The molecular weight excluding hydrogens is 384 g/mol. The van der Waals surface area contributed by atoms with Crippen LogP contribution in [0.25, 0.3) is 6.08 Å². The van der Waals surface area contributed by atoms with Crippen LogP contribution in [0.1, 0.15) is 19.4 Å². The quantitative estimate of drug-likeness (QED) is 0.493. The van der Waals surface area contributed by atoms with Crippen molar-refractivity contribution < 1.29 is 28.7 Å². The lowest BCUT2D eigenvalue weighted by molar-refractivity contribution is -0.150. The summed E-state index contributed by atoms with van der Waals surface area (Å²) in [4.78, 5) is 47.8. The van der Waals surface area contributed by atoms with Crippen LogP contribution in [0.5, 0.6) is 5.75 Å². The van der Waals surface area contributed by atoms with Crippen molar-refractivity contribution in [1.29, 1.82) is 0 Å². The SMILES string of the molecule is CCOc1ccc(/C=C/C(=O)O[C@H](C)C(=O)NCCN2C(=O)CSC2=O)cc1. The highest BCUT2D eigenvalue weighted by atomic mass is 32.2. The van der Waals surface area contributed by atoms with E-state index < -0.39 is 18.0 Å². The third-order valence-electron chi connectivity index (χ3n) is 3.74. The number of carbonyl (C=O) groups excluding carboxylic acids is 4. The molecule has 150 valence electrons. The van der Waals surface area contributed by atoms with Gasteiger partial charge in [0, 0.05) is 19.2 Å².